The number of ether oxygens (including phenoxy) is 2. The van der Waals surface area contributed by atoms with E-state index in [0.717, 1.165) is 25.7 Å². The average Bonchev–Trinajstić information content (AvgIpc) is 3.69. The van der Waals surface area contributed by atoms with Gasteiger partial charge in [0.15, 0.2) is 11.5 Å². The first-order valence-electron chi connectivity index (χ1n) is 18.9. The number of aliphatic carboxylic acids is 1. The Morgan fingerprint density at radius 1 is 0.967 bits per heavy atom. The zero-order chi connectivity index (χ0) is 45.0. The molecule has 0 radical (unpaired) electrons. The summed E-state index contributed by atoms with van der Waals surface area (Å²) in [5.41, 5.74) is -1.39. The monoisotopic (exact) mass is 991 g/mol. The Balaban J connectivity index is 0.000000505. The molecule has 1 aliphatic carbocycles. The molecular weight excluding hydrogens is 952 g/mol. The van der Waals surface area contributed by atoms with Crippen molar-refractivity contribution in [3.8, 4) is 11.3 Å². The van der Waals surface area contributed by atoms with Crippen LogP contribution < -0.4 is 4.90 Å². The number of alkyl halides is 6. The molecule has 1 unspecified atom stereocenters. The molecule has 61 heavy (non-hydrogen) atoms. The topological polar surface area (TPSA) is 174 Å². The molecule has 1 saturated heterocycles. The molecule has 2 fully saturated rings. The molecule has 4 aromatic rings. The quantitative estimate of drug-likeness (QED) is 0.111. The van der Waals surface area contributed by atoms with Crippen molar-refractivity contribution < 1.29 is 59.8 Å². The lowest BCUT2D eigenvalue weighted by Crippen LogP contribution is -2.36. The number of amides is 1. The van der Waals surface area contributed by atoms with E-state index in [1.54, 1.807) is 20.0 Å². The van der Waals surface area contributed by atoms with Crippen LogP contribution in [0.5, 0.6) is 0 Å². The first-order valence-corrected chi connectivity index (χ1v) is 20.5. The molecule has 1 amide bonds. The Morgan fingerprint density at radius 3 is 2.13 bits per heavy atom. The number of rotatable bonds is 11. The molecule has 3 aromatic heterocycles. The number of carbonyl (C=O) groups is 3. The number of carbonyl (C=O) groups excluding carboxylic acids is 2. The number of nitrogens with zero attached hydrogens (tertiary/aromatic N) is 7. The van der Waals surface area contributed by atoms with Crippen LogP contribution in [0.4, 0.5) is 37.0 Å². The van der Waals surface area contributed by atoms with Crippen molar-refractivity contribution in [3.05, 3.63) is 79.3 Å². The summed E-state index contributed by atoms with van der Waals surface area (Å²) in [5.74, 6) is -0.0419. The SMILES string of the molecule is CCN(CC1CCC(CC(=O)O)CC1)c1ncc(-c2c(C)noc2C)nc1CN1C(=O)OC(c2cc(C(F)(F)F)cc(C(F)(F)F)c2)[C@@H]1C.COC(=O)c1nc(Br)cnc1Br. The number of benzene rings is 1. The van der Waals surface area contributed by atoms with Gasteiger partial charge < -0.3 is 24.0 Å². The number of anilines is 1. The normalized spacial score (nSPS) is 19.2. The molecule has 6 rings (SSSR count). The molecule has 1 aliphatic heterocycles. The third-order valence-corrected chi connectivity index (χ3v) is 11.4. The maximum Gasteiger partial charge on any atom is 0.416 e. The number of aromatic nitrogens is 5. The van der Waals surface area contributed by atoms with Crippen LogP contribution in [-0.4, -0.2) is 79.4 Å². The van der Waals surface area contributed by atoms with Gasteiger partial charge in [0, 0.05) is 19.5 Å². The van der Waals surface area contributed by atoms with Gasteiger partial charge >= 0.3 is 30.4 Å². The van der Waals surface area contributed by atoms with Gasteiger partial charge in [-0.3, -0.25) is 9.69 Å². The zero-order valence-electron chi connectivity index (χ0n) is 33.4. The number of carboxylic acids is 1. The number of methoxy groups -OCH3 is 1. The molecule has 2 aliphatic rings. The minimum atomic E-state index is -5.07. The Kier molecular flexibility index (Phi) is 15.1. The number of carboxylic acid groups (broad SMARTS) is 1. The summed E-state index contributed by atoms with van der Waals surface area (Å²) < 4.78 is 97.8. The fourth-order valence-corrected chi connectivity index (χ4v) is 7.98. The standard InChI is InChI=1S/C33H37F6N5O5.C6H4Br2N2O2/c1-5-43(15-21-8-6-20(7-9-21)10-27(45)46)30-26(41-25(14-40-30)28-17(2)42-49-19(28)4)16-44-18(3)29(48-31(44)47)22-11-23(32(34,35)36)13-24(12-22)33(37,38)39;1-12-6(11)4-5(8)9-2-3(7)10-4/h11-14,18,20-21,29H,5-10,15-16H2,1-4H3,(H,45,46);2H,1H3/t18-,20?,21?,29?;/m0./s1. The van der Waals surface area contributed by atoms with Crippen LogP contribution in [0.15, 0.2) is 44.3 Å². The van der Waals surface area contributed by atoms with Crippen LogP contribution in [0.25, 0.3) is 11.3 Å². The van der Waals surface area contributed by atoms with E-state index in [2.05, 4.69) is 51.7 Å². The largest absolute Gasteiger partial charge is 0.481 e. The van der Waals surface area contributed by atoms with Crippen molar-refractivity contribution in [1.82, 2.24) is 30.0 Å². The molecule has 4 heterocycles. The average molecular weight is 994 g/mol. The van der Waals surface area contributed by atoms with Crippen LogP contribution in [0, 0.1) is 25.7 Å². The van der Waals surface area contributed by atoms with E-state index in [1.165, 1.54) is 25.1 Å². The Labute approximate surface area is 362 Å². The van der Waals surface area contributed by atoms with E-state index in [0.29, 0.717) is 68.7 Å². The van der Waals surface area contributed by atoms with Gasteiger partial charge in [0.05, 0.1) is 60.2 Å². The minimum Gasteiger partial charge on any atom is -0.481 e. The lowest BCUT2D eigenvalue weighted by Gasteiger charge is -2.33. The minimum absolute atomic E-state index is 0.0305. The van der Waals surface area contributed by atoms with E-state index in [-0.39, 0.29) is 36.6 Å². The van der Waals surface area contributed by atoms with Gasteiger partial charge in [-0.15, -0.1) is 0 Å². The molecule has 22 heteroatoms. The molecule has 2 atom stereocenters. The number of hydrogen-bond acceptors (Lipinski definition) is 12. The van der Waals surface area contributed by atoms with Crippen LogP contribution in [-0.2, 0) is 33.2 Å². The van der Waals surface area contributed by atoms with Crippen LogP contribution in [0.1, 0.15) is 96.4 Å². The maximum absolute atomic E-state index is 13.6. The van der Waals surface area contributed by atoms with Crippen molar-refractivity contribution in [3.63, 3.8) is 0 Å². The van der Waals surface area contributed by atoms with E-state index < -0.39 is 59.2 Å². The number of halogens is 8. The Bertz CT molecular complexity index is 2180. The number of aryl methyl sites for hydroxylation is 2. The molecule has 14 nitrogen and oxygen atoms in total. The van der Waals surface area contributed by atoms with E-state index in [9.17, 15) is 45.8 Å². The maximum atomic E-state index is 13.6. The van der Waals surface area contributed by atoms with Gasteiger partial charge in [0.2, 0.25) is 0 Å². The highest BCUT2D eigenvalue weighted by atomic mass is 79.9. The molecule has 1 N–H and O–H groups in total. The lowest BCUT2D eigenvalue weighted by atomic mass is 9.80. The van der Waals surface area contributed by atoms with Crippen molar-refractivity contribution in [1.29, 1.82) is 0 Å². The fourth-order valence-electron chi connectivity index (χ4n) is 7.35. The smallest absolute Gasteiger partial charge is 0.416 e. The number of esters is 1. The van der Waals surface area contributed by atoms with Gasteiger partial charge in [-0.25, -0.2) is 29.5 Å². The van der Waals surface area contributed by atoms with E-state index >= 15 is 0 Å². The second kappa shape index (κ2) is 19.5. The zero-order valence-corrected chi connectivity index (χ0v) is 36.6. The van der Waals surface area contributed by atoms with Crippen molar-refractivity contribution in [2.75, 3.05) is 25.1 Å². The highest BCUT2D eigenvalue weighted by Crippen LogP contribution is 2.42. The first-order chi connectivity index (χ1) is 28.6. The van der Waals surface area contributed by atoms with E-state index in [1.807, 2.05) is 11.8 Å². The first kappa shape index (κ1) is 47.2. The van der Waals surface area contributed by atoms with Crippen LogP contribution in [0.2, 0.25) is 0 Å². The van der Waals surface area contributed by atoms with Crippen LogP contribution >= 0.6 is 31.9 Å². The predicted molar refractivity (Wildman–Crippen MR) is 212 cm³/mol. The van der Waals surface area contributed by atoms with E-state index in [4.69, 9.17) is 19.2 Å². The summed E-state index contributed by atoms with van der Waals surface area (Å²) in [5, 5.41) is 13.2. The molecule has 1 aromatic carbocycles. The highest BCUT2D eigenvalue weighted by molar-refractivity contribution is 9.10. The second-order valence-electron chi connectivity index (χ2n) is 14.6. The summed E-state index contributed by atoms with van der Waals surface area (Å²) in [6.07, 6.45) is -6.11. The Hall–Kier alpha value is -4.86. The predicted octanol–water partition coefficient (Wildman–Crippen LogP) is 9.76. The highest BCUT2D eigenvalue weighted by Gasteiger charge is 2.44. The second-order valence-corrected chi connectivity index (χ2v) is 16.1. The summed E-state index contributed by atoms with van der Waals surface area (Å²) in [6, 6.07) is 0.193. The third-order valence-electron chi connectivity index (χ3n) is 10.4. The molecule has 330 valence electrons. The molecule has 0 bridgehead atoms. The summed E-state index contributed by atoms with van der Waals surface area (Å²) in [6.45, 7) is 7.74. The van der Waals surface area contributed by atoms with Gasteiger partial charge in [-0.2, -0.15) is 26.3 Å². The summed E-state index contributed by atoms with van der Waals surface area (Å²) >= 11 is 6.17. The van der Waals surface area contributed by atoms with Crippen molar-refractivity contribution in [2.45, 2.75) is 90.8 Å². The van der Waals surface area contributed by atoms with Gasteiger partial charge in [0.25, 0.3) is 0 Å². The fraction of sp³-hybridized carbons (Fsp3) is 0.487. The Morgan fingerprint density at radius 2 is 1.59 bits per heavy atom. The van der Waals surface area contributed by atoms with Crippen molar-refractivity contribution in [2.24, 2.45) is 11.8 Å². The molecular formula is C39H41Br2F6N7O7. The van der Waals surface area contributed by atoms with Crippen molar-refractivity contribution >= 4 is 55.7 Å². The van der Waals surface area contributed by atoms with Gasteiger partial charge in [-0.05, 0) is 121 Å². The molecule has 1 saturated carbocycles. The van der Waals surface area contributed by atoms with Gasteiger partial charge in [-0.1, -0.05) is 5.16 Å². The number of hydrogen-bond donors (Lipinski definition) is 1. The third kappa shape index (κ3) is 11.5. The summed E-state index contributed by atoms with van der Waals surface area (Å²) in [4.78, 5) is 56.0. The lowest BCUT2D eigenvalue weighted by molar-refractivity contribution is -0.143. The van der Waals surface area contributed by atoms with Gasteiger partial charge in [0.1, 0.15) is 26.8 Å². The molecule has 0 spiro atoms. The number of cyclic esters (lactones) is 1. The van der Waals surface area contributed by atoms with Crippen LogP contribution in [0.3, 0.4) is 0 Å². The summed E-state index contributed by atoms with van der Waals surface area (Å²) in [7, 11) is 1.29.